The van der Waals surface area contributed by atoms with E-state index in [-0.39, 0.29) is 11.8 Å². The number of hydrogen-bond acceptors (Lipinski definition) is 3. The van der Waals surface area contributed by atoms with Crippen LogP contribution < -0.4 is 10.8 Å². The van der Waals surface area contributed by atoms with Crippen molar-refractivity contribution in [3.63, 3.8) is 0 Å². The molecule has 0 saturated carbocycles. The number of benzene rings is 2. The van der Waals surface area contributed by atoms with Crippen LogP contribution in [0.3, 0.4) is 0 Å². The lowest BCUT2D eigenvalue weighted by Gasteiger charge is -2.08. The number of aromatic nitrogens is 1. The van der Waals surface area contributed by atoms with E-state index in [2.05, 4.69) is 44.9 Å². The first kappa shape index (κ1) is 22.6. The van der Waals surface area contributed by atoms with Crippen molar-refractivity contribution in [3.05, 3.63) is 60.2 Å². The van der Waals surface area contributed by atoms with Crippen molar-refractivity contribution in [2.75, 3.05) is 13.7 Å². The molecule has 6 nitrogen and oxygen atoms in total. The van der Waals surface area contributed by atoms with E-state index in [9.17, 15) is 9.59 Å². The quantitative estimate of drug-likeness (QED) is 0.297. The predicted octanol–water partition coefficient (Wildman–Crippen LogP) is 4.51. The summed E-state index contributed by atoms with van der Waals surface area (Å²) in [6.07, 6.45) is 5.25. The Morgan fingerprint density at radius 3 is 2.29 bits per heavy atom. The lowest BCUT2D eigenvalue weighted by molar-refractivity contribution is -0.131. The van der Waals surface area contributed by atoms with Crippen LogP contribution in [0.4, 0.5) is 0 Å². The Kier molecular flexibility index (Phi) is 8.67. The topological polar surface area (TPSA) is 83.2 Å². The van der Waals surface area contributed by atoms with Gasteiger partial charge in [0.05, 0.1) is 7.11 Å². The van der Waals surface area contributed by atoms with Crippen LogP contribution in [-0.4, -0.2) is 30.5 Å². The van der Waals surface area contributed by atoms with E-state index in [0.29, 0.717) is 19.4 Å². The highest BCUT2D eigenvalue weighted by Crippen LogP contribution is 2.30. The molecule has 1 aromatic heterocycles. The molecule has 0 aliphatic rings. The number of hydrogen-bond donors (Lipinski definition) is 3. The van der Waals surface area contributed by atoms with E-state index in [4.69, 9.17) is 0 Å². The zero-order valence-electron chi connectivity index (χ0n) is 18.1. The Bertz CT molecular complexity index is 982. The van der Waals surface area contributed by atoms with Gasteiger partial charge in [0.2, 0.25) is 11.8 Å². The fraction of sp³-hybridized carbons (Fsp3) is 0.360. The first-order valence-corrected chi connectivity index (χ1v) is 10.9. The van der Waals surface area contributed by atoms with Crippen molar-refractivity contribution in [2.24, 2.45) is 0 Å². The number of fused-ring (bicyclic) bond motifs is 1. The first-order chi connectivity index (χ1) is 15.2. The third kappa shape index (κ3) is 6.69. The highest BCUT2D eigenvalue weighted by molar-refractivity contribution is 5.90. The molecule has 0 bridgehead atoms. The second kappa shape index (κ2) is 11.9. The van der Waals surface area contributed by atoms with Gasteiger partial charge in [0, 0.05) is 36.0 Å². The van der Waals surface area contributed by atoms with E-state index in [1.165, 1.54) is 18.1 Å². The van der Waals surface area contributed by atoms with Crippen LogP contribution in [0.2, 0.25) is 0 Å². The number of rotatable bonds is 12. The van der Waals surface area contributed by atoms with Crippen LogP contribution in [0.25, 0.3) is 22.2 Å². The first-order valence-electron chi connectivity index (χ1n) is 10.9. The van der Waals surface area contributed by atoms with Crippen molar-refractivity contribution < 1.29 is 14.4 Å². The molecule has 3 aromatic rings. The Morgan fingerprint density at radius 2 is 1.55 bits per heavy atom. The maximum atomic E-state index is 12.2. The Morgan fingerprint density at radius 1 is 0.871 bits per heavy atom. The normalized spacial score (nSPS) is 10.9. The van der Waals surface area contributed by atoms with E-state index < -0.39 is 0 Å². The minimum absolute atomic E-state index is 0.0817. The van der Waals surface area contributed by atoms with Crippen LogP contribution >= 0.6 is 0 Å². The van der Waals surface area contributed by atoms with E-state index >= 15 is 0 Å². The summed E-state index contributed by atoms with van der Waals surface area (Å²) in [4.78, 5) is 31.6. The summed E-state index contributed by atoms with van der Waals surface area (Å²) in [5, 5.41) is 4.26. The molecule has 2 amide bonds. The molecular weight excluding hydrogens is 390 g/mol. The van der Waals surface area contributed by atoms with E-state index in [1.54, 1.807) is 0 Å². The van der Waals surface area contributed by atoms with Gasteiger partial charge in [-0.15, -0.1) is 0 Å². The van der Waals surface area contributed by atoms with Crippen LogP contribution in [0.5, 0.6) is 0 Å². The van der Waals surface area contributed by atoms with Gasteiger partial charge in [-0.2, -0.15) is 0 Å². The van der Waals surface area contributed by atoms with Gasteiger partial charge in [-0.3, -0.25) is 14.4 Å². The second-order valence-electron chi connectivity index (χ2n) is 7.63. The molecule has 3 rings (SSSR count). The van der Waals surface area contributed by atoms with Gasteiger partial charge in [-0.25, -0.2) is 5.48 Å². The van der Waals surface area contributed by atoms with Gasteiger partial charge in [-0.05, 0) is 36.5 Å². The number of carbonyl (C=O) groups is 2. The molecule has 3 N–H and O–H groups in total. The van der Waals surface area contributed by atoms with Gasteiger partial charge >= 0.3 is 0 Å². The maximum absolute atomic E-state index is 12.2. The van der Waals surface area contributed by atoms with Gasteiger partial charge in [0.15, 0.2) is 0 Å². The highest BCUT2D eigenvalue weighted by atomic mass is 16.6. The highest BCUT2D eigenvalue weighted by Gasteiger charge is 2.13. The minimum Gasteiger partial charge on any atom is -0.356 e. The molecule has 1 heterocycles. The lowest BCUT2D eigenvalue weighted by atomic mass is 10.0. The molecule has 0 radical (unpaired) electrons. The maximum Gasteiger partial charge on any atom is 0.243 e. The number of nitrogens with one attached hydrogen (secondary N) is 3. The number of para-hydroxylation sites is 1. The molecule has 0 unspecified atom stereocenters. The predicted molar refractivity (Wildman–Crippen MR) is 123 cm³/mol. The Balaban J connectivity index is 1.45. The molecule has 164 valence electrons. The largest absolute Gasteiger partial charge is 0.356 e. The second-order valence-corrected chi connectivity index (χ2v) is 7.63. The number of carbonyl (C=O) groups excluding carboxylic acids is 2. The average Bonchev–Trinajstić information content (AvgIpc) is 3.16. The summed E-state index contributed by atoms with van der Waals surface area (Å²) in [5.74, 6) is -0.0226. The van der Waals surface area contributed by atoms with Gasteiger partial charge in [0.1, 0.15) is 0 Å². The summed E-state index contributed by atoms with van der Waals surface area (Å²) in [6.45, 7) is 0.609. The fourth-order valence-electron chi connectivity index (χ4n) is 3.82. The fourth-order valence-corrected chi connectivity index (χ4v) is 3.82. The summed E-state index contributed by atoms with van der Waals surface area (Å²) < 4.78 is 0. The van der Waals surface area contributed by atoms with Gasteiger partial charge in [0.25, 0.3) is 0 Å². The van der Waals surface area contributed by atoms with Crippen molar-refractivity contribution in [1.82, 2.24) is 15.8 Å². The van der Waals surface area contributed by atoms with E-state index in [0.717, 1.165) is 48.9 Å². The zero-order valence-corrected chi connectivity index (χ0v) is 18.1. The number of H-pyrrole nitrogens is 1. The summed E-state index contributed by atoms with van der Waals surface area (Å²) in [7, 11) is 1.43. The van der Waals surface area contributed by atoms with Crippen LogP contribution in [-0.2, 0) is 20.8 Å². The van der Waals surface area contributed by atoms with Crippen molar-refractivity contribution in [1.29, 1.82) is 0 Å². The van der Waals surface area contributed by atoms with Gasteiger partial charge in [-0.1, -0.05) is 61.4 Å². The lowest BCUT2D eigenvalue weighted by Crippen LogP contribution is -2.25. The molecule has 0 atom stereocenters. The standard InChI is InChI=1S/C25H31N3O3/c1-31-28-24(30)16-8-3-2-7-15-23(29)26-18-17-21-20-13-9-10-14-22(20)27-25(21)19-11-5-4-6-12-19/h4-6,9-14,27H,2-3,7-8,15-18H2,1H3,(H,26,29)(H,28,30). The third-order valence-electron chi connectivity index (χ3n) is 5.35. The number of hydroxylamine groups is 1. The van der Waals surface area contributed by atoms with Crippen molar-refractivity contribution in [2.45, 2.75) is 44.9 Å². The Labute approximate surface area is 183 Å². The van der Waals surface area contributed by atoms with Crippen LogP contribution in [0.15, 0.2) is 54.6 Å². The smallest absolute Gasteiger partial charge is 0.243 e. The summed E-state index contributed by atoms with van der Waals surface area (Å²) >= 11 is 0. The van der Waals surface area contributed by atoms with Crippen molar-refractivity contribution in [3.8, 4) is 11.3 Å². The molecule has 31 heavy (non-hydrogen) atoms. The van der Waals surface area contributed by atoms with Crippen molar-refractivity contribution >= 4 is 22.7 Å². The SMILES string of the molecule is CONC(=O)CCCCCCC(=O)NCCc1c(-c2ccccc2)[nH]c2ccccc12. The molecule has 2 aromatic carbocycles. The zero-order chi connectivity index (χ0) is 21.9. The monoisotopic (exact) mass is 421 g/mol. The van der Waals surface area contributed by atoms with E-state index in [1.807, 2.05) is 30.3 Å². The Hall–Kier alpha value is -3.12. The minimum atomic E-state index is -0.104. The molecule has 0 aliphatic carbocycles. The average molecular weight is 422 g/mol. The molecule has 0 fully saturated rings. The van der Waals surface area contributed by atoms with Gasteiger partial charge < -0.3 is 10.3 Å². The molecule has 6 heteroatoms. The molecule has 0 saturated heterocycles. The number of amides is 2. The number of aromatic amines is 1. The summed E-state index contributed by atoms with van der Waals surface area (Å²) in [5.41, 5.74) is 6.93. The molecular formula is C25H31N3O3. The molecule has 0 spiro atoms. The summed E-state index contributed by atoms with van der Waals surface area (Å²) in [6, 6.07) is 18.6. The number of unbranched alkanes of at least 4 members (excludes halogenated alkanes) is 3. The third-order valence-corrected chi connectivity index (χ3v) is 5.35. The molecule has 0 aliphatic heterocycles. The van der Waals surface area contributed by atoms with Crippen LogP contribution in [0.1, 0.15) is 44.1 Å². The van der Waals surface area contributed by atoms with Crippen LogP contribution in [0, 0.1) is 0 Å².